The van der Waals surface area contributed by atoms with Gasteiger partial charge in [-0.2, -0.15) is 0 Å². The summed E-state index contributed by atoms with van der Waals surface area (Å²) in [4.78, 5) is 7.91. The molecule has 3 rings (SSSR count). The normalized spacial score (nSPS) is 14.3. The molecule has 2 aromatic rings. The van der Waals surface area contributed by atoms with Crippen molar-refractivity contribution in [1.29, 1.82) is 0 Å². The van der Waals surface area contributed by atoms with E-state index in [2.05, 4.69) is 39.3 Å². The molecule has 0 spiro atoms. The Morgan fingerprint density at radius 2 is 1.93 bits per heavy atom. The maximum Gasteiger partial charge on any atom is 0.219 e. The summed E-state index contributed by atoms with van der Waals surface area (Å²) in [6.45, 7) is 5.03. The van der Waals surface area contributed by atoms with Crippen LogP contribution in [-0.2, 0) is 0 Å². The van der Waals surface area contributed by atoms with Crippen LogP contribution in [0.4, 0.5) is 16.2 Å². The highest BCUT2D eigenvalue weighted by atomic mass is 19.1. The van der Waals surface area contributed by atoms with E-state index in [1.807, 2.05) is 30.4 Å². The van der Waals surface area contributed by atoms with Crippen molar-refractivity contribution in [2.24, 2.45) is 5.41 Å². The zero-order chi connectivity index (χ0) is 19.3. The van der Waals surface area contributed by atoms with Crippen molar-refractivity contribution in [3.8, 4) is 11.3 Å². The molecule has 0 saturated carbocycles. The summed E-state index contributed by atoms with van der Waals surface area (Å²) in [5.74, 6) is 0.809. The number of nitrogens with two attached hydrogens (primary N) is 1. The number of nitrogen functional groups attached to an aromatic ring is 1. The summed E-state index contributed by atoms with van der Waals surface area (Å²) in [6, 6.07) is 3.73. The molecule has 7 heteroatoms. The molecule has 0 aromatic carbocycles. The van der Waals surface area contributed by atoms with Crippen molar-refractivity contribution in [2.75, 3.05) is 17.6 Å². The van der Waals surface area contributed by atoms with Crippen LogP contribution < -0.4 is 11.1 Å². The zero-order valence-electron chi connectivity index (χ0n) is 15.5. The van der Waals surface area contributed by atoms with Gasteiger partial charge in [0.25, 0.3) is 0 Å². The van der Waals surface area contributed by atoms with E-state index in [0.717, 1.165) is 24.1 Å². The molecule has 0 atom stereocenters. The molecule has 0 saturated heterocycles. The molecule has 0 radical (unpaired) electrons. The van der Waals surface area contributed by atoms with Crippen LogP contribution in [0, 0.1) is 5.41 Å². The van der Waals surface area contributed by atoms with Crippen molar-refractivity contribution in [2.45, 2.75) is 26.7 Å². The van der Waals surface area contributed by atoms with E-state index in [4.69, 9.17) is 5.73 Å². The minimum Gasteiger partial charge on any atom is -0.369 e. The van der Waals surface area contributed by atoms with Gasteiger partial charge < -0.3 is 11.1 Å². The van der Waals surface area contributed by atoms with E-state index >= 15 is 0 Å². The first-order valence-electron chi connectivity index (χ1n) is 8.83. The number of hydrogen-bond acceptors (Lipinski definition) is 6. The molecule has 2 aromatic heterocycles. The largest absolute Gasteiger partial charge is 0.369 e. The average molecular weight is 366 g/mol. The second-order valence-corrected chi connectivity index (χ2v) is 7.04. The van der Waals surface area contributed by atoms with Crippen LogP contribution in [0.15, 0.2) is 60.2 Å². The van der Waals surface area contributed by atoms with Crippen molar-refractivity contribution < 1.29 is 4.39 Å². The number of nitrogens with zero attached hydrogens (tertiary/aromatic N) is 4. The third kappa shape index (κ3) is 4.97. The van der Waals surface area contributed by atoms with Gasteiger partial charge in [0.05, 0.1) is 5.69 Å². The summed E-state index contributed by atoms with van der Waals surface area (Å²) in [7, 11) is 0. The van der Waals surface area contributed by atoms with Crippen LogP contribution >= 0.6 is 0 Å². The number of nitrogens with one attached hydrogen (secondary N) is 1. The van der Waals surface area contributed by atoms with Gasteiger partial charge in [-0.05, 0) is 35.6 Å². The van der Waals surface area contributed by atoms with Crippen LogP contribution in [0.3, 0.4) is 0 Å². The second-order valence-electron chi connectivity index (χ2n) is 7.04. The molecule has 3 N–H and O–H groups in total. The Morgan fingerprint density at radius 3 is 2.63 bits per heavy atom. The first kappa shape index (κ1) is 18.7. The molecule has 1 aliphatic carbocycles. The zero-order valence-corrected chi connectivity index (χ0v) is 15.5. The fraction of sp³-hybridized carbons (Fsp3) is 0.300. The molecule has 0 aliphatic heterocycles. The number of hydrogen-bond donors (Lipinski definition) is 2. The predicted octanol–water partition coefficient (Wildman–Crippen LogP) is 4.08. The molecule has 0 fully saturated rings. The highest BCUT2D eigenvalue weighted by molar-refractivity contribution is 5.57. The van der Waals surface area contributed by atoms with E-state index in [9.17, 15) is 4.39 Å². The van der Waals surface area contributed by atoms with E-state index in [0.29, 0.717) is 17.9 Å². The van der Waals surface area contributed by atoms with E-state index in [1.54, 1.807) is 18.5 Å². The first-order chi connectivity index (χ1) is 12.9. The summed E-state index contributed by atoms with van der Waals surface area (Å²) in [5.41, 5.74) is 7.96. The number of aromatic nitrogens is 4. The van der Waals surface area contributed by atoms with Gasteiger partial charge in [0.2, 0.25) is 5.95 Å². The molecule has 27 heavy (non-hydrogen) atoms. The fourth-order valence-corrected chi connectivity index (χ4v) is 2.75. The van der Waals surface area contributed by atoms with Crippen molar-refractivity contribution in [1.82, 2.24) is 20.2 Å². The highest BCUT2D eigenvalue weighted by Gasteiger charge is 2.21. The first-order valence-corrected chi connectivity index (χ1v) is 8.83. The van der Waals surface area contributed by atoms with Gasteiger partial charge >= 0.3 is 0 Å². The average Bonchev–Trinajstić information content (AvgIpc) is 2.88. The van der Waals surface area contributed by atoms with Crippen LogP contribution in [0.2, 0.25) is 0 Å². The smallest absolute Gasteiger partial charge is 0.219 e. The Hall–Kier alpha value is -3.09. The molecule has 2 heterocycles. The van der Waals surface area contributed by atoms with Crippen LogP contribution in [0.25, 0.3) is 11.3 Å². The Morgan fingerprint density at radius 1 is 1.15 bits per heavy atom. The van der Waals surface area contributed by atoms with Crippen molar-refractivity contribution in [3.05, 3.63) is 60.2 Å². The van der Waals surface area contributed by atoms with Gasteiger partial charge in [-0.15, -0.1) is 10.2 Å². The molecule has 6 nitrogen and oxygen atoms in total. The van der Waals surface area contributed by atoms with Gasteiger partial charge in [-0.3, -0.25) is 0 Å². The van der Waals surface area contributed by atoms with E-state index in [-0.39, 0.29) is 17.2 Å². The monoisotopic (exact) mass is 366 g/mol. The van der Waals surface area contributed by atoms with Crippen LogP contribution in [0.5, 0.6) is 0 Å². The quantitative estimate of drug-likeness (QED) is 0.800. The van der Waals surface area contributed by atoms with Gasteiger partial charge in [0.1, 0.15) is 11.6 Å². The van der Waals surface area contributed by atoms with Gasteiger partial charge in [0.15, 0.2) is 0 Å². The number of halogens is 1. The van der Waals surface area contributed by atoms with Gasteiger partial charge in [0, 0.05) is 30.9 Å². The third-order valence-corrected chi connectivity index (χ3v) is 4.52. The summed E-state index contributed by atoms with van der Waals surface area (Å²) >= 11 is 0. The SMILES string of the molecule is CC(C)(CCNc1ccc(-c2cnc(N)nc2)nn1)C1=CC=C(F)CC=C1. The topological polar surface area (TPSA) is 89.6 Å². The molecule has 0 unspecified atom stereocenters. The number of rotatable bonds is 6. The van der Waals surface area contributed by atoms with Crippen molar-refractivity contribution >= 4 is 11.8 Å². The minimum atomic E-state index is -0.114. The lowest BCUT2D eigenvalue weighted by molar-refractivity contribution is 0.430. The predicted molar refractivity (Wildman–Crippen MR) is 105 cm³/mol. The van der Waals surface area contributed by atoms with Gasteiger partial charge in [-0.25, -0.2) is 14.4 Å². The van der Waals surface area contributed by atoms with Crippen LogP contribution in [0.1, 0.15) is 26.7 Å². The Balaban J connectivity index is 1.58. The van der Waals surface area contributed by atoms with E-state index < -0.39 is 0 Å². The molecular weight excluding hydrogens is 343 g/mol. The summed E-state index contributed by atoms with van der Waals surface area (Å²) in [5, 5.41) is 11.7. The Labute approximate surface area is 158 Å². The van der Waals surface area contributed by atoms with Crippen molar-refractivity contribution in [3.63, 3.8) is 0 Å². The molecule has 140 valence electrons. The molecular formula is C20H23FN6. The number of anilines is 2. The third-order valence-electron chi connectivity index (χ3n) is 4.52. The minimum absolute atomic E-state index is 0.0840. The maximum absolute atomic E-state index is 13.4. The van der Waals surface area contributed by atoms with Gasteiger partial charge in [-0.1, -0.05) is 32.1 Å². The molecule has 1 aliphatic rings. The molecule has 0 bridgehead atoms. The highest BCUT2D eigenvalue weighted by Crippen LogP contribution is 2.33. The summed E-state index contributed by atoms with van der Waals surface area (Å²) < 4.78 is 13.4. The molecule has 0 amide bonds. The second kappa shape index (κ2) is 8.07. The van der Waals surface area contributed by atoms with Crippen LogP contribution in [-0.4, -0.2) is 26.7 Å². The lowest BCUT2D eigenvalue weighted by atomic mass is 9.80. The lowest BCUT2D eigenvalue weighted by Gasteiger charge is -2.26. The number of allylic oxidation sites excluding steroid dienone is 6. The Bertz CT molecular complexity index is 866. The maximum atomic E-state index is 13.4. The van der Waals surface area contributed by atoms with E-state index in [1.165, 1.54) is 0 Å². The standard InChI is InChI=1S/C20H23FN6/c1-20(2,15-4-3-5-16(21)7-6-15)10-11-23-18-9-8-17(26-27-18)14-12-24-19(22)25-13-14/h3-4,6-9,12-13H,5,10-11H2,1-2H3,(H,23,27)(H2,22,24,25). The lowest BCUT2D eigenvalue weighted by Crippen LogP contribution is -2.19. The Kier molecular flexibility index (Phi) is 5.59. The fourth-order valence-electron chi connectivity index (χ4n) is 2.75. The summed E-state index contributed by atoms with van der Waals surface area (Å²) in [6.07, 6.45) is 11.7.